The van der Waals surface area contributed by atoms with Crippen LogP contribution in [0.25, 0.3) is 10.9 Å². The standard InChI is InChI=1S/C25H26F3N5O3/c1-13(16-5-17(25(26,27)28)7-18(29)6-16)30-24-19-8-21-22(9-20(19)31-14(2)32-24)36-12-23(34)33(21)10-15-3-4-35-11-15/h5-9,13,15H,3-4,10-12,29H2,1-2H3,(H,30,31,32)/t13-,15-/m1/s1. The Kier molecular flexibility index (Phi) is 6.11. The van der Waals surface area contributed by atoms with Gasteiger partial charge in [-0.3, -0.25) is 4.79 Å². The lowest BCUT2D eigenvalue weighted by molar-refractivity contribution is -0.137. The first-order chi connectivity index (χ1) is 17.1. The normalized spacial score (nSPS) is 18.8. The molecule has 0 spiro atoms. The van der Waals surface area contributed by atoms with Gasteiger partial charge < -0.3 is 25.4 Å². The number of halogens is 3. The van der Waals surface area contributed by atoms with Gasteiger partial charge in [0.15, 0.2) is 6.61 Å². The smallest absolute Gasteiger partial charge is 0.416 e. The number of hydrogen-bond donors (Lipinski definition) is 2. The summed E-state index contributed by atoms with van der Waals surface area (Å²) in [4.78, 5) is 23.5. The topological polar surface area (TPSA) is 103 Å². The van der Waals surface area contributed by atoms with E-state index in [0.29, 0.717) is 59.3 Å². The third-order valence-corrected chi connectivity index (χ3v) is 6.45. The summed E-state index contributed by atoms with van der Waals surface area (Å²) < 4.78 is 51.1. The Morgan fingerprint density at radius 3 is 2.75 bits per heavy atom. The highest BCUT2D eigenvalue weighted by Gasteiger charge is 2.32. The lowest BCUT2D eigenvalue weighted by Gasteiger charge is -2.31. The first-order valence-electron chi connectivity index (χ1n) is 11.7. The number of carbonyl (C=O) groups excluding carboxylic acids is 1. The van der Waals surface area contributed by atoms with Gasteiger partial charge in [-0.25, -0.2) is 9.97 Å². The van der Waals surface area contributed by atoms with Gasteiger partial charge in [0.25, 0.3) is 5.91 Å². The Morgan fingerprint density at radius 1 is 1.22 bits per heavy atom. The maximum atomic E-state index is 13.3. The van der Waals surface area contributed by atoms with E-state index < -0.39 is 17.8 Å². The fourth-order valence-corrected chi connectivity index (χ4v) is 4.61. The minimum absolute atomic E-state index is 0.0217. The van der Waals surface area contributed by atoms with Crippen molar-refractivity contribution < 1.29 is 27.4 Å². The van der Waals surface area contributed by atoms with Gasteiger partial charge in [0, 0.05) is 36.2 Å². The summed E-state index contributed by atoms with van der Waals surface area (Å²) >= 11 is 0. The summed E-state index contributed by atoms with van der Waals surface area (Å²) in [6.45, 7) is 5.18. The number of carbonyl (C=O) groups is 1. The van der Waals surface area contributed by atoms with Crippen LogP contribution in [0.15, 0.2) is 30.3 Å². The molecule has 2 aliphatic rings. The number of aryl methyl sites for hydroxylation is 1. The fourth-order valence-electron chi connectivity index (χ4n) is 4.61. The number of amides is 1. The second-order valence-corrected chi connectivity index (χ2v) is 9.23. The van der Waals surface area contributed by atoms with E-state index in [-0.39, 0.29) is 24.1 Å². The molecule has 1 fully saturated rings. The van der Waals surface area contributed by atoms with Gasteiger partial charge in [0.2, 0.25) is 0 Å². The molecule has 3 heterocycles. The quantitative estimate of drug-likeness (QED) is 0.497. The molecule has 1 amide bonds. The highest BCUT2D eigenvalue weighted by atomic mass is 19.4. The highest BCUT2D eigenvalue weighted by Crippen LogP contribution is 2.39. The zero-order valence-electron chi connectivity index (χ0n) is 19.9. The van der Waals surface area contributed by atoms with Gasteiger partial charge in [-0.15, -0.1) is 0 Å². The molecular weight excluding hydrogens is 475 g/mol. The van der Waals surface area contributed by atoms with Crippen molar-refractivity contribution in [3.05, 3.63) is 47.3 Å². The van der Waals surface area contributed by atoms with Crippen molar-refractivity contribution in [3.63, 3.8) is 0 Å². The third kappa shape index (κ3) is 4.75. The molecule has 2 aromatic carbocycles. The fraction of sp³-hybridized carbons (Fsp3) is 0.400. The van der Waals surface area contributed by atoms with Crippen LogP contribution in [0.4, 0.5) is 30.4 Å². The Labute approximate surface area is 205 Å². The van der Waals surface area contributed by atoms with Crippen LogP contribution in [0.1, 0.15) is 36.3 Å². The van der Waals surface area contributed by atoms with E-state index in [1.54, 1.807) is 30.9 Å². The molecule has 36 heavy (non-hydrogen) atoms. The van der Waals surface area contributed by atoms with E-state index in [4.69, 9.17) is 15.2 Å². The summed E-state index contributed by atoms with van der Waals surface area (Å²) in [7, 11) is 0. The minimum atomic E-state index is -4.51. The number of fused-ring (bicyclic) bond motifs is 2. The van der Waals surface area contributed by atoms with Gasteiger partial charge in [0.05, 0.1) is 29.4 Å². The predicted octanol–water partition coefficient (Wildman–Crippen LogP) is 4.47. The van der Waals surface area contributed by atoms with Crippen LogP contribution in [0, 0.1) is 12.8 Å². The van der Waals surface area contributed by atoms with Crippen molar-refractivity contribution in [1.82, 2.24) is 9.97 Å². The number of nitrogens with zero attached hydrogens (tertiary/aromatic N) is 3. The SMILES string of the molecule is Cc1nc(N[C@H](C)c2cc(N)cc(C(F)(F)F)c2)c2cc3c(cc2n1)OCC(=O)N3C[C@H]1CCOC1. The van der Waals surface area contributed by atoms with Crippen molar-refractivity contribution in [1.29, 1.82) is 0 Å². The number of hydrogen-bond acceptors (Lipinski definition) is 7. The number of rotatable bonds is 5. The third-order valence-electron chi connectivity index (χ3n) is 6.45. The molecule has 190 valence electrons. The van der Waals surface area contributed by atoms with Crippen molar-refractivity contribution in [2.24, 2.45) is 5.92 Å². The van der Waals surface area contributed by atoms with E-state index in [2.05, 4.69) is 15.3 Å². The van der Waals surface area contributed by atoms with Gasteiger partial charge in [-0.2, -0.15) is 13.2 Å². The molecule has 0 aliphatic carbocycles. The van der Waals surface area contributed by atoms with Crippen molar-refractivity contribution in [3.8, 4) is 5.75 Å². The summed E-state index contributed by atoms with van der Waals surface area (Å²) in [6, 6.07) is 6.50. The largest absolute Gasteiger partial charge is 0.481 e. The molecule has 5 rings (SSSR count). The number of aromatic nitrogens is 2. The zero-order valence-corrected chi connectivity index (χ0v) is 19.9. The molecule has 1 aromatic heterocycles. The molecule has 3 aromatic rings. The molecule has 1 saturated heterocycles. The van der Waals surface area contributed by atoms with Gasteiger partial charge >= 0.3 is 6.18 Å². The van der Waals surface area contributed by atoms with Crippen molar-refractivity contribution in [2.75, 3.05) is 42.3 Å². The van der Waals surface area contributed by atoms with E-state index in [0.717, 1.165) is 18.6 Å². The number of anilines is 3. The van der Waals surface area contributed by atoms with E-state index in [9.17, 15) is 18.0 Å². The van der Waals surface area contributed by atoms with Crippen LogP contribution in [-0.2, 0) is 15.7 Å². The second-order valence-electron chi connectivity index (χ2n) is 9.23. The second kappa shape index (κ2) is 9.12. The van der Waals surface area contributed by atoms with Crippen molar-refractivity contribution >= 4 is 34.0 Å². The summed E-state index contributed by atoms with van der Waals surface area (Å²) in [5, 5.41) is 3.84. The molecule has 0 saturated carbocycles. The molecule has 3 N–H and O–H groups in total. The highest BCUT2D eigenvalue weighted by molar-refractivity contribution is 6.02. The Hall–Kier alpha value is -3.60. The summed E-state index contributed by atoms with van der Waals surface area (Å²) in [5.74, 6) is 1.54. The summed E-state index contributed by atoms with van der Waals surface area (Å²) in [6.07, 6.45) is -3.64. The molecule has 0 unspecified atom stereocenters. The molecule has 2 atom stereocenters. The van der Waals surface area contributed by atoms with Crippen LogP contribution in [0.2, 0.25) is 0 Å². The van der Waals surface area contributed by atoms with Crippen LogP contribution >= 0.6 is 0 Å². The van der Waals surface area contributed by atoms with Crippen LogP contribution in [-0.4, -0.2) is 42.2 Å². The lowest BCUT2D eigenvalue weighted by Crippen LogP contribution is -2.41. The van der Waals surface area contributed by atoms with E-state index in [1.165, 1.54) is 6.07 Å². The van der Waals surface area contributed by atoms with Crippen LogP contribution in [0.5, 0.6) is 5.75 Å². The Morgan fingerprint density at radius 2 is 2.03 bits per heavy atom. The maximum absolute atomic E-state index is 13.3. The van der Waals surface area contributed by atoms with E-state index in [1.807, 2.05) is 0 Å². The lowest BCUT2D eigenvalue weighted by atomic mass is 10.0. The first-order valence-corrected chi connectivity index (χ1v) is 11.7. The minimum Gasteiger partial charge on any atom is -0.481 e. The van der Waals surface area contributed by atoms with E-state index >= 15 is 0 Å². The molecule has 11 heteroatoms. The molecule has 8 nitrogen and oxygen atoms in total. The summed E-state index contributed by atoms with van der Waals surface area (Å²) in [5.41, 5.74) is 6.54. The average molecular weight is 502 g/mol. The Bertz CT molecular complexity index is 1320. The first kappa shape index (κ1) is 24.1. The average Bonchev–Trinajstić information content (AvgIpc) is 3.32. The maximum Gasteiger partial charge on any atom is 0.416 e. The van der Waals surface area contributed by atoms with Gasteiger partial charge in [0.1, 0.15) is 17.4 Å². The van der Waals surface area contributed by atoms with Crippen LogP contribution in [0.3, 0.4) is 0 Å². The number of nitrogen functional groups attached to an aromatic ring is 1. The number of alkyl halides is 3. The van der Waals surface area contributed by atoms with Gasteiger partial charge in [-0.1, -0.05) is 0 Å². The number of ether oxygens (including phenoxy) is 2. The van der Waals surface area contributed by atoms with Crippen LogP contribution < -0.4 is 20.7 Å². The zero-order chi connectivity index (χ0) is 25.6. The molecule has 0 radical (unpaired) electrons. The predicted molar refractivity (Wildman–Crippen MR) is 129 cm³/mol. The number of benzene rings is 2. The molecular formula is C25H26F3N5O3. The monoisotopic (exact) mass is 501 g/mol. The Balaban J connectivity index is 1.53. The molecule has 2 aliphatic heterocycles. The number of nitrogens with one attached hydrogen (secondary N) is 1. The molecule has 0 bridgehead atoms. The van der Waals surface area contributed by atoms with Gasteiger partial charge in [-0.05, 0) is 50.1 Å². The number of nitrogens with two attached hydrogens (primary N) is 1. The van der Waals surface area contributed by atoms with Crippen molar-refractivity contribution in [2.45, 2.75) is 32.5 Å².